The molecule has 0 fully saturated rings. The molecular formula is C24H40N4O4. The maximum atomic E-state index is 13.2. The predicted octanol–water partition coefficient (Wildman–Crippen LogP) is 3.43. The molecule has 0 aliphatic carbocycles. The molecule has 3 amide bonds. The molecule has 1 aromatic carbocycles. The summed E-state index contributed by atoms with van der Waals surface area (Å²) in [7, 11) is 3.49. The number of benzene rings is 1. The van der Waals surface area contributed by atoms with E-state index in [0.29, 0.717) is 36.7 Å². The van der Waals surface area contributed by atoms with Crippen molar-refractivity contribution in [2.45, 2.75) is 52.7 Å². The van der Waals surface area contributed by atoms with Gasteiger partial charge >= 0.3 is 6.03 Å². The van der Waals surface area contributed by atoms with Crippen LogP contribution < -0.4 is 15.4 Å². The molecule has 180 valence electrons. The third-order valence-electron chi connectivity index (χ3n) is 5.88. The van der Waals surface area contributed by atoms with Crippen molar-refractivity contribution >= 4 is 17.6 Å². The van der Waals surface area contributed by atoms with E-state index in [4.69, 9.17) is 9.47 Å². The Morgan fingerprint density at radius 1 is 1.22 bits per heavy atom. The largest absolute Gasteiger partial charge is 0.491 e. The van der Waals surface area contributed by atoms with Gasteiger partial charge in [-0.25, -0.2) is 4.79 Å². The summed E-state index contributed by atoms with van der Waals surface area (Å²) >= 11 is 0. The van der Waals surface area contributed by atoms with Gasteiger partial charge in [0, 0.05) is 51.6 Å². The second-order valence-electron chi connectivity index (χ2n) is 8.68. The van der Waals surface area contributed by atoms with Crippen LogP contribution in [-0.4, -0.2) is 80.8 Å². The van der Waals surface area contributed by atoms with E-state index in [0.717, 1.165) is 25.9 Å². The number of urea groups is 1. The lowest BCUT2D eigenvalue weighted by Crippen LogP contribution is -2.46. The molecule has 0 saturated heterocycles. The van der Waals surface area contributed by atoms with Crippen LogP contribution in [0.15, 0.2) is 18.2 Å². The number of fused-ring (bicyclic) bond motifs is 1. The second-order valence-corrected chi connectivity index (χ2v) is 8.68. The first-order chi connectivity index (χ1) is 15.3. The molecule has 0 aromatic heterocycles. The van der Waals surface area contributed by atoms with Crippen molar-refractivity contribution in [3.63, 3.8) is 0 Å². The number of rotatable bonds is 6. The summed E-state index contributed by atoms with van der Waals surface area (Å²) in [5.74, 6) is 0.604. The van der Waals surface area contributed by atoms with Gasteiger partial charge in [0.1, 0.15) is 12.4 Å². The highest BCUT2D eigenvalue weighted by atomic mass is 16.5. The fourth-order valence-corrected chi connectivity index (χ4v) is 3.94. The van der Waals surface area contributed by atoms with Gasteiger partial charge in [0.25, 0.3) is 5.91 Å². The van der Waals surface area contributed by atoms with Gasteiger partial charge in [-0.3, -0.25) is 9.69 Å². The van der Waals surface area contributed by atoms with Gasteiger partial charge < -0.3 is 25.0 Å². The summed E-state index contributed by atoms with van der Waals surface area (Å²) < 4.78 is 11.9. The number of ether oxygens (including phenoxy) is 2. The number of anilines is 1. The summed E-state index contributed by atoms with van der Waals surface area (Å²) in [4.78, 5) is 29.4. The van der Waals surface area contributed by atoms with E-state index in [2.05, 4.69) is 36.3 Å². The zero-order valence-electron chi connectivity index (χ0n) is 20.4. The first-order valence-corrected chi connectivity index (χ1v) is 11.6. The van der Waals surface area contributed by atoms with Crippen molar-refractivity contribution in [3.05, 3.63) is 23.8 Å². The number of amides is 3. The van der Waals surface area contributed by atoms with E-state index in [1.807, 2.05) is 6.92 Å². The van der Waals surface area contributed by atoms with Gasteiger partial charge in [-0.15, -0.1) is 0 Å². The number of methoxy groups -OCH3 is 1. The van der Waals surface area contributed by atoms with E-state index in [1.54, 1.807) is 37.3 Å². The van der Waals surface area contributed by atoms with Crippen LogP contribution in [0.25, 0.3) is 0 Å². The Balaban J connectivity index is 2.35. The van der Waals surface area contributed by atoms with Gasteiger partial charge in [-0.1, -0.05) is 20.8 Å². The summed E-state index contributed by atoms with van der Waals surface area (Å²) in [6.07, 6.45) is 1.84. The van der Waals surface area contributed by atoms with Gasteiger partial charge in [-0.05, 0) is 44.4 Å². The predicted molar refractivity (Wildman–Crippen MR) is 127 cm³/mol. The van der Waals surface area contributed by atoms with Crippen molar-refractivity contribution in [1.82, 2.24) is 15.1 Å². The van der Waals surface area contributed by atoms with Crippen molar-refractivity contribution in [3.8, 4) is 5.75 Å². The van der Waals surface area contributed by atoms with Crippen molar-refractivity contribution in [2.24, 2.45) is 5.92 Å². The van der Waals surface area contributed by atoms with Crippen molar-refractivity contribution < 1.29 is 19.1 Å². The quantitative estimate of drug-likeness (QED) is 0.697. The van der Waals surface area contributed by atoms with Crippen LogP contribution in [0.3, 0.4) is 0 Å². The van der Waals surface area contributed by atoms with E-state index in [1.165, 1.54) is 0 Å². The zero-order chi connectivity index (χ0) is 23.7. The molecule has 1 aromatic rings. The minimum atomic E-state index is -0.275. The molecule has 8 heteroatoms. The zero-order valence-corrected chi connectivity index (χ0v) is 20.4. The fourth-order valence-electron chi connectivity index (χ4n) is 3.94. The standard InChI is InChI=1S/C24H40N4O4/c1-7-11-25-24(30)26-19-9-10-20-21(13-19)32-16-18(4)28(12-8-2)14-17(3)22(31-6)15-27(5)23(20)29/h9-10,13,17-18,22H,7-8,11-12,14-16H2,1-6H3,(H2,25,26,30)/t17-,18-,22-/m0/s1. The average Bonchev–Trinajstić information content (AvgIpc) is 2.78. The molecule has 8 nitrogen and oxygen atoms in total. The van der Waals surface area contributed by atoms with Crippen LogP contribution in [0.1, 0.15) is 50.9 Å². The molecule has 1 aliphatic heterocycles. The molecule has 0 saturated carbocycles. The first-order valence-electron chi connectivity index (χ1n) is 11.6. The Hall–Kier alpha value is -2.32. The van der Waals surface area contributed by atoms with Crippen LogP contribution in [0, 0.1) is 5.92 Å². The van der Waals surface area contributed by atoms with E-state index >= 15 is 0 Å². The van der Waals surface area contributed by atoms with E-state index < -0.39 is 0 Å². The Morgan fingerprint density at radius 3 is 2.62 bits per heavy atom. The molecule has 2 N–H and O–H groups in total. The molecule has 3 atom stereocenters. The third-order valence-corrected chi connectivity index (χ3v) is 5.88. The fraction of sp³-hybridized carbons (Fsp3) is 0.667. The average molecular weight is 449 g/mol. The van der Waals surface area contributed by atoms with Gasteiger partial charge in [0.05, 0.1) is 11.7 Å². The second kappa shape index (κ2) is 12.6. The first kappa shape index (κ1) is 25.9. The number of carbonyl (C=O) groups is 2. The minimum absolute atomic E-state index is 0.0671. The Labute approximate surface area is 192 Å². The van der Waals surface area contributed by atoms with E-state index in [-0.39, 0.29) is 30.0 Å². The normalized spacial score (nSPS) is 22.9. The van der Waals surface area contributed by atoms with Gasteiger partial charge in [0.15, 0.2) is 0 Å². The number of nitrogens with zero attached hydrogens (tertiary/aromatic N) is 2. The van der Waals surface area contributed by atoms with Crippen LogP contribution in [0.4, 0.5) is 10.5 Å². The van der Waals surface area contributed by atoms with Crippen molar-refractivity contribution in [1.29, 1.82) is 0 Å². The lowest BCUT2D eigenvalue weighted by atomic mass is 10.0. The van der Waals surface area contributed by atoms with Crippen LogP contribution in [0.5, 0.6) is 5.75 Å². The third kappa shape index (κ3) is 7.10. The maximum Gasteiger partial charge on any atom is 0.319 e. The molecule has 0 bridgehead atoms. The lowest BCUT2D eigenvalue weighted by Gasteiger charge is -2.35. The molecule has 1 heterocycles. The molecule has 2 rings (SSSR count). The summed E-state index contributed by atoms with van der Waals surface area (Å²) in [6, 6.07) is 5.07. The number of likely N-dealkylation sites (N-methyl/N-ethyl adjacent to an activating group) is 1. The van der Waals surface area contributed by atoms with Crippen LogP contribution in [-0.2, 0) is 4.74 Å². The number of hydrogen-bond donors (Lipinski definition) is 2. The van der Waals surface area contributed by atoms with E-state index in [9.17, 15) is 9.59 Å². The van der Waals surface area contributed by atoms with Crippen molar-refractivity contribution in [2.75, 3.05) is 52.3 Å². The minimum Gasteiger partial charge on any atom is -0.491 e. The summed E-state index contributed by atoms with van der Waals surface area (Å²) in [5.41, 5.74) is 1.06. The maximum absolute atomic E-state index is 13.2. The Morgan fingerprint density at radius 2 is 1.97 bits per heavy atom. The molecule has 1 aliphatic rings. The molecule has 0 radical (unpaired) electrons. The summed E-state index contributed by atoms with van der Waals surface area (Å²) in [5, 5.41) is 5.60. The highest BCUT2D eigenvalue weighted by molar-refractivity contribution is 5.98. The van der Waals surface area contributed by atoms with Crippen LogP contribution in [0.2, 0.25) is 0 Å². The Bertz CT molecular complexity index is 758. The number of carbonyl (C=O) groups excluding carboxylic acids is 2. The Kier molecular flexibility index (Phi) is 10.3. The summed E-state index contributed by atoms with van der Waals surface area (Å²) in [6.45, 7) is 11.8. The highest BCUT2D eigenvalue weighted by Crippen LogP contribution is 2.26. The SMILES string of the molecule is CCCNC(=O)Nc1ccc2c(c1)OC[C@H](C)N(CCC)C[C@H](C)[C@@H](OC)CN(C)C2=O. The van der Waals surface area contributed by atoms with Gasteiger partial charge in [-0.2, -0.15) is 0 Å². The van der Waals surface area contributed by atoms with Gasteiger partial charge in [0.2, 0.25) is 0 Å². The number of nitrogens with one attached hydrogen (secondary N) is 2. The smallest absolute Gasteiger partial charge is 0.319 e. The number of hydrogen-bond acceptors (Lipinski definition) is 5. The molecular weight excluding hydrogens is 408 g/mol. The monoisotopic (exact) mass is 448 g/mol. The molecule has 0 spiro atoms. The molecule has 32 heavy (non-hydrogen) atoms. The van der Waals surface area contributed by atoms with Crippen LogP contribution >= 0.6 is 0 Å². The topological polar surface area (TPSA) is 83.1 Å². The highest BCUT2D eigenvalue weighted by Gasteiger charge is 2.28. The molecule has 0 unspecified atom stereocenters. The lowest BCUT2D eigenvalue weighted by molar-refractivity contribution is 0.0108.